The number of benzene rings is 1. The number of para-hydroxylation sites is 1. The molecule has 1 N–H and O–H groups in total. The quantitative estimate of drug-likeness (QED) is 0.694. The van der Waals surface area contributed by atoms with Crippen LogP contribution in [0.15, 0.2) is 45.8 Å². The summed E-state index contributed by atoms with van der Waals surface area (Å²) in [5.74, 6) is 1.01. The Labute approximate surface area is 183 Å². The number of likely N-dealkylation sites (tertiary alicyclic amines) is 1. The van der Waals surface area contributed by atoms with Crippen molar-refractivity contribution in [2.75, 3.05) is 52.4 Å². The minimum absolute atomic E-state index is 0.112. The first kappa shape index (κ1) is 21.9. The molecule has 2 aliphatic heterocycles. The second kappa shape index (κ2) is 10.8. The predicted molar refractivity (Wildman–Crippen MR) is 119 cm³/mol. The molecule has 3 heterocycles. The van der Waals surface area contributed by atoms with Gasteiger partial charge in [0.2, 0.25) is 0 Å². The molecule has 1 aromatic heterocycles. The van der Waals surface area contributed by atoms with E-state index in [-0.39, 0.29) is 5.75 Å². The van der Waals surface area contributed by atoms with Gasteiger partial charge in [-0.25, -0.2) is 4.79 Å². The van der Waals surface area contributed by atoms with Crippen molar-refractivity contribution in [3.63, 3.8) is 0 Å². The Morgan fingerprint density at radius 2 is 1.55 bits per heavy atom. The van der Waals surface area contributed by atoms with Crippen LogP contribution in [0.25, 0.3) is 0 Å². The molecule has 31 heavy (non-hydrogen) atoms. The number of hydrogen-bond donors (Lipinski definition) is 1. The third-order valence-corrected chi connectivity index (χ3v) is 6.25. The van der Waals surface area contributed by atoms with Crippen LogP contribution in [0.4, 0.5) is 0 Å². The standard InChI is InChI=1S/C24H33N3O4/c28-23-20(17-26-9-5-2-6-10-26)19-31-24(29)22(23)18-27-13-11-25(12-14-27)15-16-30-21-7-3-1-4-8-21/h1,3-4,7-8,19,28H,2,5-6,9-18H2. The smallest absolute Gasteiger partial charge is 0.343 e. The fourth-order valence-corrected chi connectivity index (χ4v) is 4.36. The van der Waals surface area contributed by atoms with Gasteiger partial charge in [0.25, 0.3) is 0 Å². The third-order valence-electron chi connectivity index (χ3n) is 6.25. The minimum Gasteiger partial charge on any atom is -0.507 e. The third kappa shape index (κ3) is 6.09. The number of nitrogens with zero attached hydrogens (tertiary/aromatic N) is 3. The Hall–Kier alpha value is -2.35. The fourth-order valence-electron chi connectivity index (χ4n) is 4.36. The van der Waals surface area contributed by atoms with Crippen molar-refractivity contribution in [3.05, 3.63) is 58.1 Å². The van der Waals surface area contributed by atoms with Gasteiger partial charge in [-0.2, -0.15) is 0 Å². The summed E-state index contributed by atoms with van der Waals surface area (Å²) >= 11 is 0. The molecule has 0 radical (unpaired) electrons. The lowest BCUT2D eigenvalue weighted by Crippen LogP contribution is -2.47. The fraction of sp³-hybridized carbons (Fsp3) is 0.542. The van der Waals surface area contributed by atoms with Crippen molar-refractivity contribution in [1.29, 1.82) is 0 Å². The van der Waals surface area contributed by atoms with Gasteiger partial charge in [-0.15, -0.1) is 0 Å². The van der Waals surface area contributed by atoms with E-state index in [1.54, 1.807) is 0 Å². The summed E-state index contributed by atoms with van der Waals surface area (Å²) in [5, 5.41) is 10.8. The first-order valence-corrected chi connectivity index (χ1v) is 11.4. The maximum Gasteiger partial charge on any atom is 0.343 e. The largest absolute Gasteiger partial charge is 0.507 e. The molecule has 2 saturated heterocycles. The lowest BCUT2D eigenvalue weighted by Gasteiger charge is -2.34. The van der Waals surface area contributed by atoms with E-state index in [1.165, 1.54) is 25.5 Å². The lowest BCUT2D eigenvalue weighted by molar-refractivity contribution is 0.111. The van der Waals surface area contributed by atoms with E-state index < -0.39 is 5.63 Å². The highest BCUT2D eigenvalue weighted by molar-refractivity contribution is 5.36. The summed E-state index contributed by atoms with van der Waals surface area (Å²) in [5.41, 5.74) is 0.669. The molecule has 0 spiro atoms. The molecule has 0 atom stereocenters. The average molecular weight is 428 g/mol. The molecule has 1 aromatic carbocycles. The van der Waals surface area contributed by atoms with Crippen molar-refractivity contribution < 1.29 is 14.3 Å². The summed E-state index contributed by atoms with van der Waals surface area (Å²) in [7, 11) is 0. The molecule has 0 amide bonds. The molecule has 2 aliphatic rings. The molecule has 0 bridgehead atoms. The number of ether oxygens (including phenoxy) is 1. The number of aromatic hydroxyl groups is 1. The average Bonchev–Trinajstić information content (AvgIpc) is 2.81. The lowest BCUT2D eigenvalue weighted by atomic mass is 10.1. The maximum absolute atomic E-state index is 12.3. The number of rotatable bonds is 8. The molecule has 4 rings (SSSR count). The normalized spacial score (nSPS) is 18.8. The molecule has 0 unspecified atom stereocenters. The van der Waals surface area contributed by atoms with E-state index in [2.05, 4.69) is 14.7 Å². The van der Waals surface area contributed by atoms with Gasteiger partial charge in [0.15, 0.2) is 0 Å². The van der Waals surface area contributed by atoms with Crippen LogP contribution in [0.3, 0.4) is 0 Å². The van der Waals surface area contributed by atoms with E-state index in [9.17, 15) is 9.90 Å². The summed E-state index contributed by atoms with van der Waals surface area (Å²) in [6, 6.07) is 9.86. The SMILES string of the molecule is O=c1occ(CN2CCCCC2)c(O)c1CN1CCN(CCOc2ccccc2)CC1. The van der Waals surface area contributed by atoms with Crippen LogP contribution in [0, 0.1) is 0 Å². The number of hydrogen-bond acceptors (Lipinski definition) is 7. The molecule has 168 valence electrons. The highest BCUT2D eigenvalue weighted by Crippen LogP contribution is 2.24. The van der Waals surface area contributed by atoms with E-state index in [0.717, 1.165) is 51.6 Å². The summed E-state index contributed by atoms with van der Waals surface area (Å²) in [6.45, 7) is 8.19. The van der Waals surface area contributed by atoms with Gasteiger partial charge >= 0.3 is 5.63 Å². The summed E-state index contributed by atoms with van der Waals surface area (Å²) in [4.78, 5) is 19.2. The Kier molecular flexibility index (Phi) is 7.61. The molecule has 7 heteroatoms. The van der Waals surface area contributed by atoms with Gasteiger partial charge in [0, 0.05) is 51.4 Å². The topological polar surface area (TPSA) is 69.4 Å². The molecule has 2 aromatic rings. The van der Waals surface area contributed by atoms with Gasteiger partial charge in [0.05, 0.1) is 5.56 Å². The van der Waals surface area contributed by atoms with E-state index in [1.807, 2.05) is 30.3 Å². The van der Waals surface area contributed by atoms with Crippen molar-refractivity contribution in [1.82, 2.24) is 14.7 Å². The first-order chi connectivity index (χ1) is 15.2. The van der Waals surface area contributed by atoms with Crippen LogP contribution in [0.1, 0.15) is 30.4 Å². The van der Waals surface area contributed by atoms with Crippen LogP contribution in [-0.2, 0) is 13.1 Å². The van der Waals surface area contributed by atoms with Crippen LogP contribution in [-0.4, -0.2) is 72.2 Å². The van der Waals surface area contributed by atoms with Crippen LogP contribution >= 0.6 is 0 Å². The van der Waals surface area contributed by atoms with E-state index >= 15 is 0 Å². The first-order valence-electron chi connectivity index (χ1n) is 11.4. The van der Waals surface area contributed by atoms with Gasteiger partial charge in [0.1, 0.15) is 24.4 Å². The summed E-state index contributed by atoms with van der Waals surface area (Å²) < 4.78 is 11.1. The predicted octanol–water partition coefficient (Wildman–Crippen LogP) is 2.53. The molecular weight excluding hydrogens is 394 g/mol. The van der Waals surface area contributed by atoms with Crippen molar-refractivity contribution >= 4 is 0 Å². The summed E-state index contributed by atoms with van der Waals surface area (Å²) in [6.07, 6.45) is 5.07. The van der Waals surface area contributed by atoms with E-state index in [4.69, 9.17) is 9.15 Å². The van der Waals surface area contributed by atoms with Gasteiger partial charge in [-0.1, -0.05) is 24.6 Å². The molecule has 7 nitrogen and oxygen atoms in total. The Balaban J connectivity index is 1.26. The van der Waals surface area contributed by atoms with Gasteiger partial charge < -0.3 is 14.3 Å². The Morgan fingerprint density at radius 3 is 2.29 bits per heavy atom. The zero-order valence-corrected chi connectivity index (χ0v) is 18.2. The molecule has 0 saturated carbocycles. The molecule has 0 aliphatic carbocycles. The second-order valence-corrected chi connectivity index (χ2v) is 8.49. The van der Waals surface area contributed by atoms with Crippen molar-refractivity contribution in [3.8, 4) is 11.5 Å². The molecule has 2 fully saturated rings. The Bertz CT molecular complexity index is 872. The van der Waals surface area contributed by atoms with Crippen molar-refractivity contribution in [2.24, 2.45) is 0 Å². The highest BCUT2D eigenvalue weighted by atomic mass is 16.5. The zero-order chi connectivity index (χ0) is 21.5. The van der Waals surface area contributed by atoms with Gasteiger partial charge in [-0.3, -0.25) is 14.7 Å². The van der Waals surface area contributed by atoms with Crippen molar-refractivity contribution in [2.45, 2.75) is 32.4 Å². The molecular formula is C24H33N3O4. The monoisotopic (exact) mass is 427 g/mol. The number of piperazine rings is 1. The van der Waals surface area contributed by atoms with Crippen LogP contribution in [0.2, 0.25) is 0 Å². The highest BCUT2D eigenvalue weighted by Gasteiger charge is 2.22. The van der Waals surface area contributed by atoms with Crippen LogP contribution in [0.5, 0.6) is 11.5 Å². The maximum atomic E-state index is 12.3. The Morgan fingerprint density at radius 1 is 0.871 bits per heavy atom. The zero-order valence-electron chi connectivity index (χ0n) is 18.2. The van der Waals surface area contributed by atoms with E-state index in [0.29, 0.717) is 30.8 Å². The second-order valence-electron chi connectivity index (χ2n) is 8.49. The number of piperidine rings is 1. The minimum atomic E-state index is -0.432. The van der Waals surface area contributed by atoms with Crippen LogP contribution < -0.4 is 10.4 Å². The van der Waals surface area contributed by atoms with Gasteiger partial charge in [-0.05, 0) is 38.1 Å².